The van der Waals surface area contributed by atoms with E-state index in [1.54, 1.807) is 6.16 Å². The summed E-state index contributed by atoms with van der Waals surface area (Å²) in [6.45, 7) is 10.1. The molecule has 1 heterocycles. The van der Waals surface area contributed by atoms with E-state index in [9.17, 15) is 0 Å². The molecule has 1 aliphatic heterocycles. The second-order valence-electron chi connectivity index (χ2n) is 4.36. The van der Waals surface area contributed by atoms with Gasteiger partial charge in [-0.2, -0.15) is 0 Å². The van der Waals surface area contributed by atoms with Crippen molar-refractivity contribution in [1.29, 1.82) is 0 Å². The Bertz CT molecular complexity index is 117. The zero-order valence-electron chi connectivity index (χ0n) is 7.65. The molecule has 0 spiro atoms. The maximum Gasteiger partial charge on any atom is 0.0723 e. The molecule has 1 fully saturated rings. The molecule has 1 saturated heterocycles. The Balaban J connectivity index is 2.55. The van der Waals surface area contributed by atoms with E-state index in [1.165, 1.54) is 12.8 Å². The van der Waals surface area contributed by atoms with Gasteiger partial charge < -0.3 is 0 Å². The van der Waals surface area contributed by atoms with Crippen molar-refractivity contribution in [3.05, 3.63) is 0 Å². The summed E-state index contributed by atoms with van der Waals surface area (Å²) in [5.41, 5.74) is 1.10. The molecular formula is C8H19PSi. The maximum absolute atomic E-state index is 2.54. The Hall–Kier alpha value is 0.647. The van der Waals surface area contributed by atoms with E-state index in [1.807, 2.05) is 0 Å². The van der Waals surface area contributed by atoms with Gasteiger partial charge in [-0.3, -0.25) is 0 Å². The van der Waals surface area contributed by atoms with Crippen LogP contribution in [0.1, 0.15) is 19.8 Å². The predicted octanol–water partition coefficient (Wildman–Crippen LogP) is 3.49. The molecule has 60 valence electrons. The first-order valence-electron chi connectivity index (χ1n) is 4.28. The summed E-state index contributed by atoms with van der Waals surface area (Å²) in [6, 6.07) is 0. The zero-order valence-corrected chi connectivity index (χ0v) is 9.54. The van der Waals surface area contributed by atoms with Crippen molar-refractivity contribution in [2.45, 2.75) is 45.1 Å². The van der Waals surface area contributed by atoms with Crippen LogP contribution in [0.15, 0.2) is 0 Å². The Kier molecular flexibility index (Phi) is 2.58. The predicted molar refractivity (Wildman–Crippen MR) is 53.8 cm³/mol. The van der Waals surface area contributed by atoms with E-state index in [-0.39, 0.29) is 0 Å². The summed E-state index contributed by atoms with van der Waals surface area (Å²) < 4.78 is 0. The molecule has 0 nitrogen and oxygen atoms in total. The van der Waals surface area contributed by atoms with E-state index in [4.69, 9.17) is 0 Å². The van der Waals surface area contributed by atoms with Gasteiger partial charge in [0.2, 0.25) is 0 Å². The van der Waals surface area contributed by atoms with Gasteiger partial charge in [0.25, 0.3) is 0 Å². The minimum atomic E-state index is -0.722. The lowest BCUT2D eigenvalue weighted by Crippen LogP contribution is -2.21. The third kappa shape index (κ3) is 1.82. The summed E-state index contributed by atoms with van der Waals surface area (Å²) in [5.74, 6) is 0. The minimum absolute atomic E-state index is 0.492. The Morgan fingerprint density at radius 2 is 1.90 bits per heavy atom. The second kappa shape index (κ2) is 2.95. The third-order valence-electron chi connectivity index (χ3n) is 2.41. The van der Waals surface area contributed by atoms with Crippen molar-refractivity contribution in [2.24, 2.45) is 0 Å². The fourth-order valence-corrected chi connectivity index (χ4v) is 12.2. The monoisotopic (exact) mass is 174 g/mol. The van der Waals surface area contributed by atoms with Crippen molar-refractivity contribution < 1.29 is 0 Å². The van der Waals surface area contributed by atoms with Crippen LogP contribution in [0.2, 0.25) is 19.6 Å². The van der Waals surface area contributed by atoms with Crippen molar-refractivity contribution in [1.82, 2.24) is 0 Å². The average molecular weight is 174 g/mol. The van der Waals surface area contributed by atoms with Crippen molar-refractivity contribution in [3.63, 3.8) is 0 Å². The first kappa shape index (κ1) is 8.74. The van der Waals surface area contributed by atoms with Crippen LogP contribution < -0.4 is 0 Å². The molecule has 0 saturated carbocycles. The highest BCUT2D eigenvalue weighted by atomic mass is 31.4. The average Bonchev–Trinajstić information content (AvgIpc) is 2.11. The molecule has 0 aromatic rings. The van der Waals surface area contributed by atoms with Gasteiger partial charge in [0, 0.05) is 0 Å². The van der Waals surface area contributed by atoms with Crippen LogP contribution in [0, 0.1) is 0 Å². The first-order chi connectivity index (χ1) is 4.52. The van der Waals surface area contributed by atoms with Crippen molar-refractivity contribution in [2.75, 3.05) is 6.16 Å². The van der Waals surface area contributed by atoms with Gasteiger partial charge in [-0.05, 0) is 24.7 Å². The number of hydrogen-bond acceptors (Lipinski definition) is 0. The molecule has 0 amide bonds. The summed E-state index contributed by atoms with van der Waals surface area (Å²) in [4.78, 5) is 0. The van der Waals surface area contributed by atoms with Crippen LogP contribution >= 0.6 is 7.47 Å². The molecule has 2 heteroatoms. The molecule has 0 aromatic carbocycles. The highest BCUT2D eigenvalue weighted by molar-refractivity contribution is 7.95. The maximum atomic E-state index is 2.54. The lowest BCUT2D eigenvalue weighted by atomic mass is 10.3. The van der Waals surface area contributed by atoms with Gasteiger partial charge in [-0.25, -0.2) is 0 Å². The molecular weight excluding hydrogens is 155 g/mol. The largest absolute Gasteiger partial charge is 0.116 e. The quantitative estimate of drug-likeness (QED) is 0.421. The second-order valence-corrected chi connectivity index (χ2v) is 16.7. The lowest BCUT2D eigenvalue weighted by Gasteiger charge is -2.29. The Morgan fingerprint density at radius 1 is 1.30 bits per heavy atom. The van der Waals surface area contributed by atoms with Gasteiger partial charge in [0.15, 0.2) is 0 Å². The molecule has 0 N–H and O–H groups in total. The van der Waals surface area contributed by atoms with Crippen molar-refractivity contribution in [3.8, 4) is 0 Å². The third-order valence-corrected chi connectivity index (χ3v) is 13.4. The van der Waals surface area contributed by atoms with Gasteiger partial charge in [0.05, 0.1) is 7.74 Å². The number of hydrogen-bond donors (Lipinski definition) is 0. The highest BCUT2D eigenvalue weighted by Crippen LogP contribution is 2.56. The molecule has 1 aliphatic rings. The SMILES string of the molecule is C[C@@H]1CCC[P@@]1[Si](C)(C)C. The molecule has 1 rings (SSSR count). The molecule has 0 radical (unpaired) electrons. The van der Waals surface area contributed by atoms with Crippen LogP contribution in [0.25, 0.3) is 0 Å². The first-order valence-corrected chi connectivity index (χ1v) is 10.2. The van der Waals surface area contributed by atoms with E-state index >= 15 is 0 Å². The Labute approximate surface area is 67.0 Å². The van der Waals surface area contributed by atoms with E-state index in [0.29, 0.717) is 7.47 Å². The summed E-state index contributed by atoms with van der Waals surface area (Å²) >= 11 is 0. The molecule has 0 aliphatic carbocycles. The smallest absolute Gasteiger partial charge is 0.0723 e. The van der Waals surface area contributed by atoms with Crippen LogP contribution in [0.5, 0.6) is 0 Å². The van der Waals surface area contributed by atoms with Gasteiger partial charge >= 0.3 is 0 Å². The molecule has 2 atom stereocenters. The van der Waals surface area contributed by atoms with Crippen LogP contribution in [0.3, 0.4) is 0 Å². The molecule has 0 aromatic heterocycles. The van der Waals surface area contributed by atoms with Crippen LogP contribution in [-0.2, 0) is 0 Å². The fraction of sp³-hybridized carbons (Fsp3) is 1.00. The number of rotatable bonds is 1. The lowest BCUT2D eigenvalue weighted by molar-refractivity contribution is 0.836. The van der Waals surface area contributed by atoms with E-state index < -0.39 is 7.74 Å². The van der Waals surface area contributed by atoms with Crippen molar-refractivity contribution >= 4 is 15.2 Å². The standard InChI is InChI=1S/C8H19PSi/c1-8-6-5-7-9(8)10(2,3)4/h8H,5-7H2,1-4H3/t8-,9-/m1/s1. The van der Waals surface area contributed by atoms with E-state index in [0.717, 1.165) is 5.66 Å². The molecule has 0 bridgehead atoms. The molecule has 0 unspecified atom stereocenters. The van der Waals surface area contributed by atoms with Gasteiger partial charge in [-0.1, -0.05) is 26.6 Å². The highest BCUT2D eigenvalue weighted by Gasteiger charge is 2.33. The zero-order chi connectivity index (χ0) is 7.78. The Morgan fingerprint density at radius 3 is 2.10 bits per heavy atom. The summed E-state index contributed by atoms with van der Waals surface area (Å²) in [5, 5.41) is 0. The summed E-state index contributed by atoms with van der Waals surface area (Å²) in [6.07, 6.45) is 4.64. The summed E-state index contributed by atoms with van der Waals surface area (Å²) in [7, 11) is -0.231. The molecule has 10 heavy (non-hydrogen) atoms. The van der Waals surface area contributed by atoms with Gasteiger partial charge in [-0.15, -0.1) is 7.47 Å². The van der Waals surface area contributed by atoms with Crippen LogP contribution in [-0.4, -0.2) is 19.6 Å². The van der Waals surface area contributed by atoms with Crippen LogP contribution in [0.4, 0.5) is 0 Å². The minimum Gasteiger partial charge on any atom is -0.116 e. The normalized spacial score (nSPS) is 34.8. The topological polar surface area (TPSA) is 0 Å². The van der Waals surface area contributed by atoms with E-state index in [2.05, 4.69) is 26.6 Å². The fourth-order valence-electron chi connectivity index (χ4n) is 1.93. The van der Waals surface area contributed by atoms with Gasteiger partial charge in [0.1, 0.15) is 0 Å².